The molecule has 1 fully saturated rings. The zero-order valence-electron chi connectivity index (χ0n) is 13.0. The van der Waals surface area contributed by atoms with Gasteiger partial charge in [0, 0.05) is 25.9 Å². The molecule has 5 heteroatoms. The molecule has 120 valence electrons. The Morgan fingerprint density at radius 3 is 2.95 bits per heavy atom. The predicted molar refractivity (Wildman–Crippen MR) is 83.9 cm³/mol. The Morgan fingerprint density at radius 2 is 2.23 bits per heavy atom. The quantitative estimate of drug-likeness (QED) is 0.891. The summed E-state index contributed by atoms with van der Waals surface area (Å²) in [4.78, 5) is 13.8. The number of rotatable bonds is 4. The van der Waals surface area contributed by atoms with E-state index >= 15 is 0 Å². The van der Waals surface area contributed by atoms with Crippen LogP contribution in [0.5, 0.6) is 5.75 Å². The van der Waals surface area contributed by atoms with Crippen LogP contribution >= 0.6 is 0 Å². The van der Waals surface area contributed by atoms with Gasteiger partial charge in [0.2, 0.25) is 0 Å². The van der Waals surface area contributed by atoms with Crippen LogP contribution in [-0.2, 0) is 6.42 Å². The molecule has 2 aliphatic rings. The molecule has 0 saturated heterocycles. The molecule has 1 aliphatic heterocycles. The number of aliphatic hydroxyl groups excluding tert-OH is 1. The van der Waals surface area contributed by atoms with Gasteiger partial charge in [-0.3, -0.25) is 0 Å². The number of urea groups is 1. The molecular weight excluding hydrogens is 280 g/mol. The molecule has 5 nitrogen and oxygen atoms in total. The normalized spacial score (nSPS) is 26.4. The highest BCUT2D eigenvalue weighted by atomic mass is 16.5. The smallest absolute Gasteiger partial charge is 0.317 e. The lowest BCUT2D eigenvalue weighted by atomic mass is 10.1. The van der Waals surface area contributed by atoms with E-state index in [0.717, 1.165) is 31.4 Å². The summed E-state index contributed by atoms with van der Waals surface area (Å²) in [7, 11) is 1.78. The van der Waals surface area contributed by atoms with E-state index in [1.807, 2.05) is 18.2 Å². The van der Waals surface area contributed by atoms with Crippen molar-refractivity contribution in [3.63, 3.8) is 0 Å². The molecule has 22 heavy (non-hydrogen) atoms. The first kappa shape index (κ1) is 15.2. The summed E-state index contributed by atoms with van der Waals surface area (Å²) in [6.07, 6.45) is 3.49. The van der Waals surface area contributed by atoms with Crippen molar-refractivity contribution in [3.05, 3.63) is 29.8 Å². The van der Waals surface area contributed by atoms with Gasteiger partial charge in [0.25, 0.3) is 0 Å². The summed E-state index contributed by atoms with van der Waals surface area (Å²) in [5, 5.41) is 12.8. The summed E-state index contributed by atoms with van der Waals surface area (Å²) < 4.78 is 5.81. The van der Waals surface area contributed by atoms with Crippen LogP contribution < -0.4 is 10.1 Å². The fraction of sp³-hybridized carbons (Fsp3) is 0.588. The topological polar surface area (TPSA) is 61.8 Å². The van der Waals surface area contributed by atoms with E-state index in [2.05, 4.69) is 11.4 Å². The number of amides is 2. The Hall–Kier alpha value is -1.75. The van der Waals surface area contributed by atoms with Crippen LogP contribution in [0.1, 0.15) is 24.8 Å². The second-order valence-corrected chi connectivity index (χ2v) is 6.38. The Labute approximate surface area is 131 Å². The van der Waals surface area contributed by atoms with Gasteiger partial charge in [-0.1, -0.05) is 24.6 Å². The van der Waals surface area contributed by atoms with Crippen molar-refractivity contribution in [2.75, 3.05) is 20.1 Å². The van der Waals surface area contributed by atoms with Crippen molar-refractivity contribution in [3.8, 4) is 5.75 Å². The van der Waals surface area contributed by atoms with Crippen molar-refractivity contribution in [2.45, 2.75) is 37.9 Å². The van der Waals surface area contributed by atoms with Gasteiger partial charge in [0.15, 0.2) is 0 Å². The number of aliphatic hydroxyl groups is 1. The van der Waals surface area contributed by atoms with E-state index in [0.29, 0.717) is 13.1 Å². The summed E-state index contributed by atoms with van der Waals surface area (Å²) >= 11 is 0. The number of benzene rings is 1. The SMILES string of the molecule is CN(CC1CCCC1O)C(=O)NCC1Cc2ccccc2O1. The molecule has 1 saturated carbocycles. The third kappa shape index (κ3) is 3.35. The fourth-order valence-electron chi connectivity index (χ4n) is 3.37. The molecular formula is C17H24N2O3. The minimum atomic E-state index is -0.261. The maximum Gasteiger partial charge on any atom is 0.317 e. The standard InChI is InChI=1S/C17H24N2O3/c1-19(11-13-6-4-7-15(13)20)17(21)18-10-14-9-12-5-2-3-8-16(12)22-14/h2-3,5,8,13-15,20H,4,6-7,9-11H2,1H3,(H,18,21). The molecule has 1 heterocycles. The summed E-state index contributed by atoms with van der Waals surface area (Å²) in [5.74, 6) is 1.13. The number of hydrogen-bond donors (Lipinski definition) is 2. The first-order valence-corrected chi connectivity index (χ1v) is 8.05. The lowest BCUT2D eigenvalue weighted by Gasteiger charge is -2.24. The maximum absolute atomic E-state index is 12.1. The van der Waals surface area contributed by atoms with Gasteiger partial charge in [0.05, 0.1) is 12.6 Å². The molecule has 1 aliphatic carbocycles. The van der Waals surface area contributed by atoms with E-state index in [4.69, 9.17) is 4.74 Å². The van der Waals surface area contributed by atoms with Crippen LogP contribution in [0.25, 0.3) is 0 Å². The minimum absolute atomic E-state index is 0.00632. The van der Waals surface area contributed by atoms with E-state index in [-0.39, 0.29) is 24.2 Å². The highest BCUT2D eigenvalue weighted by Crippen LogP contribution is 2.28. The van der Waals surface area contributed by atoms with Crippen molar-refractivity contribution < 1.29 is 14.6 Å². The molecule has 3 rings (SSSR count). The first-order valence-electron chi connectivity index (χ1n) is 8.05. The van der Waals surface area contributed by atoms with E-state index < -0.39 is 0 Å². The highest BCUT2D eigenvalue weighted by Gasteiger charge is 2.28. The molecule has 0 aromatic heterocycles. The third-order valence-corrected chi connectivity index (χ3v) is 4.67. The number of fused-ring (bicyclic) bond motifs is 1. The number of hydrogen-bond acceptors (Lipinski definition) is 3. The van der Waals surface area contributed by atoms with Gasteiger partial charge < -0.3 is 20.1 Å². The monoisotopic (exact) mass is 304 g/mol. The van der Waals surface area contributed by atoms with Crippen molar-refractivity contribution in [2.24, 2.45) is 5.92 Å². The van der Waals surface area contributed by atoms with Gasteiger partial charge in [-0.25, -0.2) is 4.79 Å². The van der Waals surface area contributed by atoms with E-state index in [1.54, 1.807) is 11.9 Å². The Bertz CT molecular complexity index is 509. The molecule has 2 N–H and O–H groups in total. The van der Waals surface area contributed by atoms with Gasteiger partial charge in [-0.05, 0) is 24.5 Å². The number of carbonyl (C=O) groups excluding carboxylic acids is 1. The van der Waals surface area contributed by atoms with Crippen molar-refractivity contribution in [1.29, 1.82) is 0 Å². The number of nitrogens with one attached hydrogen (secondary N) is 1. The van der Waals surface area contributed by atoms with Gasteiger partial charge in [0.1, 0.15) is 11.9 Å². The second kappa shape index (κ2) is 6.57. The lowest BCUT2D eigenvalue weighted by Crippen LogP contribution is -2.44. The number of carbonyl (C=O) groups is 1. The molecule has 0 bridgehead atoms. The van der Waals surface area contributed by atoms with Gasteiger partial charge in [-0.2, -0.15) is 0 Å². The van der Waals surface area contributed by atoms with E-state index in [9.17, 15) is 9.90 Å². The minimum Gasteiger partial charge on any atom is -0.488 e. The Morgan fingerprint density at radius 1 is 1.41 bits per heavy atom. The average molecular weight is 304 g/mol. The Kier molecular flexibility index (Phi) is 4.52. The van der Waals surface area contributed by atoms with Crippen LogP contribution in [0, 0.1) is 5.92 Å². The maximum atomic E-state index is 12.1. The van der Waals surface area contributed by atoms with Crippen LogP contribution in [0.2, 0.25) is 0 Å². The lowest BCUT2D eigenvalue weighted by molar-refractivity contribution is 0.113. The summed E-state index contributed by atoms with van der Waals surface area (Å²) in [6.45, 7) is 1.11. The van der Waals surface area contributed by atoms with Crippen LogP contribution in [-0.4, -0.2) is 48.4 Å². The Balaban J connectivity index is 1.43. The second-order valence-electron chi connectivity index (χ2n) is 6.38. The van der Waals surface area contributed by atoms with Crippen LogP contribution in [0.4, 0.5) is 4.79 Å². The molecule has 3 unspecified atom stereocenters. The highest BCUT2D eigenvalue weighted by molar-refractivity contribution is 5.73. The average Bonchev–Trinajstić information content (AvgIpc) is 3.10. The van der Waals surface area contributed by atoms with Crippen LogP contribution in [0.15, 0.2) is 24.3 Å². The largest absolute Gasteiger partial charge is 0.488 e. The number of para-hydroxylation sites is 1. The number of nitrogens with zero attached hydrogens (tertiary/aromatic N) is 1. The summed E-state index contributed by atoms with van der Waals surface area (Å²) in [5.41, 5.74) is 1.20. The molecule has 1 aromatic rings. The van der Waals surface area contributed by atoms with Gasteiger partial charge >= 0.3 is 6.03 Å². The zero-order chi connectivity index (χ0) is 15.5. The molecule has 0 radical (unpaired) electrons. The molecule has 1 aromatic carbocycles. The fourth-order valence-corrected chi connectivity index (χ4v) is 3.37. The van der Waals surface area contributed by atoms with Gasteiger partial charge in [-0.15, -0.1) is 0 Å². The summed E-state index contributed by atoms with van der Waals surface area (Å²) in [6, 6.07) is 7.89. The molecule has 0 spiro atoms. The molecule has 3 atom stereocenters. The zero-order valence-corrected chi connectivity index (χ0v) is 13.0. The van der Waals surface area contributed by atoms with Crippen molar-refractivity contribution >= 4 is 6.03 Å². The predicted octanol–water partition coefficient (Wildman–Crippen LogP) is 1.79. The number of ether oxygens (including phenoxy) is 1. The first-order chi connectivity index (χ1) is 10.6. The van der Waals surface area contributed by atoms with E-state index in [1.165, 1.54) is 5.56 Å². The van der Waals surface area contributed by atoms with Crippen molar-refractivity contribution in [1.82, 2.24) is 10.2 Å². The van der Waals surface area contributed by atoms with Crippen LogP contribution in [0.3, 0.4) is 0 Å². The third-order valence-electron chi connectivity index (χ3n) is 4.67. The molecule has 2 amide bonds.